The number of thiophene rings is 1. The summed E-state index contributed by atoms with van der Waals surface area (Å²) in [5.74, 6) is -1.37. The molecule has 0 unspecified atom stereocenters. The van der Waals surface area contributed by atoms with Crippen molar-refractivity contribution in [1.82, 2.24) is 19.6 Å². The SMILES string of the molecule is Cc1nn(C)c(C)c1/C(O)=C1\C(=O)C(=O)N(CCN(C)C)[C@H]1c1cccs1. The number of ketones is 1. The van der Waals surface area contributed by atoms with Crippen molar-refractivity contribution in [1.29, 1.82) is 0 Å². The Balaban J connectivity index is 2.17. The highest BCUT2D eigenvalue weighted by molar-refractivity contribution is 7.10. The van der Waals surface area contributed by atoms with Gasteiger partial charge in [0.1, 0.15) is 5.76 Å². The summed E-state index contributed by atoms with van der Waals surface area (Å²) in [5.41, 5.74) is 2.02. The maximum absolute atomic E-state index is 12.9. The third-order valence-electron chi connectivity index (χ3n) is 4.89. The molecule has 27 heavy (non-hydrogen) atoms. The zero-order valence-corrected chi connectivity index (χ0v) is 17.0. The van der Waals surface area contributed by atoms with Gasteiger partial charge in [0.25, 0.3) is 11.7 Å². The maximum Gasteiger partial charge on any atom is 0.295 e. The van der Waals surface area contributed by atoms with E-state index in [0.717, 1.165) is 10.6 Å². The average molecular weight is 388 g/mol. The number of carbonyl (C=O) groups is 2. The predicted molar refractivity (Wildman–Crippen MR) is 105 cm³/mol. The van der Waals surface area contributed by atoms with Gasteiger partial charge in [0, 0.05) is 30.7 Å². The highest BCUT2D eigenvalue weighted by atomic mass is 32.1. The summed E-state index contributed by atoms with van der Waals surface area (Å²) in [6, 6.07) is 3.19. The van der Waals surface area contributed by atoms with Crippen molar-refractivity contribution in [3.05, 3.63) is 44.9 Å². The largest absolute Gasteiger partial charge is 0.507 e. The van der Waals surface area contributed by atoms with E-state index >= 15 is 0 Å². The molecule has 1 aliphatic heterocycles. The number of aryl methyl sites for hydroxylation is 2. The molecular formula is C19H24N4O3S. The lowest BCUT2D eigenvalue weighted by molar-refractivity contribution is -0.140. The van der Waals surface area contributed by atoms with Crippen LogP contribution in [0.15, 0.2) is 23.1 Å². The van der Waals surface area contributed by atoms with Gasteiger partial charge in [-0.1, -0.05) is 6.07 Å². The van der Waals surface area contributed by atoms with Crippen molar-refractivity contribution >= 4 is 28.8 Å². The molecule has 0 aliphatic carbocycles. The molecule has 3 heterocycles. The zero-order chi connectivity index (χ0) is 19.9. The molecule has 8 heteroatoms. The smallest absolute Gasteiger partial charge is 0.295 e. The van der Waals surface area contributed by atoms with Crippen LogP contribution in [-0.4, -0.2) is 63.6 Å². The zero-order valence-electron chi connectivity index (χ0n) is 16.2. The van der Waals surface area contributed by atoms with Crippen LogP contribution < -0.4 is 0 Å². The van der Waals surface area contributed by atoms with Crippen LogP contribution in [0.4, 0.5) is 0 Å². The Hall–Kier alpha value is -2.45. The molecule has 1 atom stereocenters. The molecular weight excluding hydrogens is 364 g/mol. The van der Waals surface area contributed by atoms with E-state index in [-0.39, 0.29) is 11.3 Å². The van der Waals surface area contributed by atoms with Crippen LogP contribution in [0.1, 0.15) is 27.9 Å². The number of hydrogen-bond donors (Lipinski definition) is 1. The van der Waals surface area contributed by atoms with Gasteiger partial charge in [-0.2, -0.15) is 5.10 Å². The fraction of sp³-hybridized carbons (Fsp3) is 0.421. The van der Waals surface area contributed by atoms with Gasteiger partial charge in [-0.3, -0.25) is 14.3 Å². The van der Waals surface area contributed by atoms with Crippen LogP contribution >= 0.6 is 11.3 Å². The van der Waals surface area contributed by atoms with Crippen molar-refractivity contribution in [3.8, 4) is 0 Å². The van der Waals surface area contributed by atoms with E-state index < -0.39 is 17.7 Å². The normalized spacial score (nSPS) is 19.5. The number of likely N-dealkylation sites (tertiary alicyclic amines) is 1. The number of aliphatic hydroxyl groups is 1. The number of likely N-dealkylation sites (N-methyl/N-ethyl adjacent to an activating group) is 1. The van der Waals surface area contributed by atoms with Crippen LogP contribution in [0.5, 0.6) is 0 Å². The minimum atomic E-state index is -0.646. The van der Waals surface area contributed by atoms with E-state index in [2.05, 4.69) is 5.10 Å². The number of nitrogens with zero attached hydrogens (tertiary/aromatic N) is 4. The minimum absolute atomic E-state index is 0.139. The molecule has 1 saturated heterocycles. The van der Waals surface area contributed by atoms with Crippen LogP contribution in [0.2, 0.25) is 0 Å². The fourth-order valence-electron chi connectivity index (χ4n) is 3.41. The first-order valence-electron chi connectivity index (χ1n) is 8.71. The van der Waals surface area contributed by atoms with Gasteiger partial charge >= 0.3 is 0 Å². The Morgan fingerprint density at radius 1 is 1.33 bits per heavy atom. The summed E-state index contributed by atoms with van der Waals surface area (Å²) in [6.07, 6.45) is 0. The van der Waals surface area contributed by atoms with E-state index in [1.165, 1.54) is 11.3 Å². The molecule has 1 amide bonds. The third-order valence-corrected chi connectivity index (χ3v) is 5.81. The Kier molecular flexibility index (Phi) is 5.21. The second-order valence-electron chi connectivity index (χ2n) is 6.98. The van der Waals surface area contributed by atoms with Gasteiger partial charge in [-0.25, -0.2) is 0 Å². The van der Waals surface area contributed by atoms with Gasteiger partial charge in [0.2, 0.25) is 0 Å². The summed E-state index contributed by atoms with van der Waals surface area (Å²) in [6.45, 7) is 4.64. The van der Waals surface area contributed by atoms with E-state index in [1.54, 1.807) is 23.6 Å². The second kappa shape index (κ2) is 7.28. The molecule has 0 bridgehead atoms. The molecule has 1 fully saturated rings. The molecule has 0 spiro atoms. The molecule has 3 rings (SSSR count). The number of amides is 1. The Morgan fingerprint density at radius 3 is 2.56 bits per heavy atom. The molecule has 2 aromatic rings. The Bertz CT molecular complexity index is 912. The van der Waals surface area contributed by atoms with Crippen molar-refractivity contribution in [2.24, 2.45) is 7.05 Å². The van der Waals surface area contributed by atoms with Crippen molar-refractivity contribution < 1.29 is 14.7 Å². The number of rotatable bonds is 5. The maximum atomic E-state index is 12.9. The van der Waals surface area contributed by atoms with Gasteiger partial charge in [-0.15, -0.1) is 11.3 Å². The molecule has 7 nitrogen and oxygen atoms in total. The highest BCUT2D eigenvalue weighted by Gasteiger charge is 2.46. The summed E-state index contributed by atoms with van der Waals surface area (Å²) < 4.78 is 1.66. The van der Waals surface area contributed by atoms with Gasteiger partial charge in [-0.05, 0) is 39.4 Å². The molecule has 144 valence electrons. The second-order valence-corrected chi connectivity index (χ2v) is 7.96. The van der Waals surface area contributed by atoms with Crippen LogP contribution in [0.25, 0.3) is 5.76 Å². The van der Waals surface area contributed by atoms with E-state index in [0.29, 0.717) is 24.3 Å². The van der Waals surface area contributed by atoms with Crippen molar-refractivity contribution in [2.45, 2.75) is 19.9 Å². The lowest BCUT2D eigenvalue weighted by atomic mass is 9.99. The molecule has 0 saturated carbocycles. The van der Waals surface area contributed by atoms with E-state index in [9.17, 15) is 14.7 Å². The van der Waals surface area contributed by atoms with Crippen LogP contribution in [0.3, 0.4) is 0 Å². The number of aliphatic hydroxyl groups excluding tert-OH is 1. The summed E-state index contributed by atoms with van der Waals surface area (Å²) in [5, 5.41) is 17.3. The predicted octanol–water partition coefficient (Wildman–Crippen LogP) is 2.08. The quantitative estimate of drug-likeness (QED) is 0.482. The first-order valence-corrected chi connectivity index (χ1v) is 9.59. The van der Waals surface area contributed by atoms with Crippen molar-refractivity contribution in [2.75, 3.05) is 27.2 Å². The first kappa shape index (κ1) is 19.3. The molecule has 0 radical (unpaired) electrons. The van der Waals surface area contributed by atoms with Crippen LogP contribution in [0, 0.1) is 13.8 Å². The first-order chi connectivity index (χ1) is 12.7. The minimum Gasteiger partial charge on any atom is -0.507 e. The van der Waals surface area contributed by atoms with Gasteiger partial charge < -0.3 is 14.9 Å². The van der Waals surface area contributed by atoms with E-state index in [1.807, 2.05) is 43.4 Å². The van der Waals surface area contributed by atoms with E-state index in [4.69, 9.17) is 0 Å². The highest BCUT2D eigenvalue weighted by Crippen LogP contribution is 2.41. The fourth-order valence-corrected chi connectivity index (χ4v) is 4.26. The molecule has 0 aromatic carbocycles. The number of aromatic nitrogens is 2. The lowest BCUT2D eigenvalue weighted by Gasteiger charge is -2.25. The molecule has 1 aliphatic rings. The number of carbonyl (C=O) groups excluding carboxylic acids is 2. The Morgan fingerprint density at radius 2 is 2.04 bits per heavy atom. The summed E-state index contributed by atoms with van der Waals surface area (Å²) in [7, 11) is 5.61. The Labute approximate surface area is 162 Å². The monoisotopic (exact) mass is 388 g/mol. The molecule has 1 N–H and O–H groups in total. The van der Waals surface area contributed by atoms with Crippen LogP contribution in [-0.2, 0) is 16.6 Å². The van der Waals surface area contributed by atoms with Gasteiger partial charge in [0.15, 0.2) is 0 Å². The average Bonchev–Trinajstić information content (AvgIpc) is 3.26. The topological polar surface area (TPSA) is 78.7 Å². The number of hydrogen-bond acceptors (Lipinski definition) is 6. The molecule has 2 aromatic heterocycles. The van der Waals surface area contributed by atoms with Crippen molar-refractivity contribution in [3.63, 3.8) is 0 Å². The lowest BCUT2D eigenvalue weighted by Crippen LogP contribution is -2.35. The van der Waals surface area contributed by atoms with Gasteiger partial charge in [0.05, 0.1) is 22.9 Å². The summed E-state index contributed by atoms with van der Waals surface area (Å²) in [4.78, 5) is 30.0. The summed E-state index contributed by atoms with van der Waals surface area (Å²) >= 11 is 1.47. The standard InChI is InChI=1S/C19H24N4O3S/c1-11-14(12(2)22(5)20-11)17(24)15-16(13-7-6-10-27-13)23(9-8-21(3)4)19(26)18(15)25/h6-7,10,16,24H,8-9H2,1-5H3/b17-15+/t16-/m0/s1. The number of Topliss-reactive ketones (excluding diaryl/α,β-unsaturated/α-hetero) is 1. The third kappa shape index (κ3) is 3.30.